The number of hydrogen-bond acceptors (Lipinski definition) is 10. The molecule has 0 radical (unpaired) electrons. The number of carboxylic acids is 1. The highest BCUT2D eigenvalue weighted by molar-refractivity contribution is 7.85. The van der Waals surface area contributed by atoms with Crippen LogP contribution in [0, 0.1) is 0 Å². The summed E-state index contributed by atoms with van der Waals surface area (Å²) in [5.41, 5.74) is 0.694. The van der Waals surface area contributed by atoms with Crippen LogP contribution in [0.5, 0.6) is 34.5 Å². The van der Waals surface area contributed by atoms with Crippen molar-refractivity contribution in [1.82, 2.24) is 0 Å². The first kappa shape index (κ1) is 31.2. The van der Waals surface area contributed by atoms with E-state index in [1.165, 1.54) is 51.7 Å². The molecule has 3 aromatic rings. The number of Topliss-reactive ketones (excluding diaryl/α,β-unsaturated/α-hetero) is 1. The molecule has 1 heterocycles. The average molecular weight is 615 g/mol. The van der Waals surface area contributed by atoms with Gasteiger partial charge in [-0.15, -0.1) is 0 Å². The van der Waals surface area contributed by atoms with Gasteiger partial charge in [-0.05, 0) is 66.1 Å². The van der Waals surface area contributed by atoms with Crippen molar-refractivity contribution >= 4 is 27.4 Å². The number of hydrogen-bond donors (Lipinski definition) is 2. The van der Waals surface area contributed by atoms with Gasteiger partial charge in [-0.25, -0.2) is 4.79 Å². The second-order valence-corrected chi connectivity index (χ2v) is 10.9. The Morgan fingerprint density at radius 3 is 2.07 bits per heavy atom. The van der Waals surface area contributed by atoms with Gasteiger partial charge in [-0.1, -0.05) is 6.07 Å². The zero-order chi connectivity index (χ0) is 31.1. The van der Waals surface area contributed by atoms with Crippen LogP contribution in [0.2, 0.25) is 0 Å². The normalized spacial score (nSPS) is 12.7. The zero-order valence-corrected chi connectivity index (χ0v) is 24.4. The number of ether oxygens (including phenoxy) is 6. The van der Waals surface area contributed by atoms with Gasteiger partial charge in [0.15, 0.2) is 28.8 Å². The number of rotatable bonds is 14. The van der Waals surface area contributed by atoms with E-state index in [0.29, 0.717) is 40.1 Å². The quantitative estimate of drug-likeness (QED) is 0.116. The first-order chi connectivity index (χ1) is 20.5. The van der Waals surface area contributed by atoms with Crippen molar-refractivity contribution in [3.63, 3.8) is 0 Å². The molecule has 13 heteroatoms. The summed E-state index contributed by atoms with van der Waals surface area (Å²) in [6.07, 6.45) is -0.0435. The van der Waals surface area contributed by atoms with Gasteiger partial charge in [-0.2, -0.15) is 8.42 Å². The molecule has 12 nitrogen and oxygen atoms in total. The molecule has 0 amide bonds. The van der Waals surface area contributed by atoms with Gasteiger partial charge in [0, 0.05) is 17.6 Å². The van der Waals surface area contributed by atoms with Gasteiger partial charge >= 0.3 is 5.97 Å². The smallest absolute Gasteiger partial charge is 0.336 e. The highest BCUT2D eigenvalue weighted by Crippen LogP contribution is 2.40. The fourth-order valence-corrected chi connectivity index (χ4v) is 4.99. The van der Waals surface area contributed by atoms with Gasteiger partial charge in [0.05, 0.1) is 39.3 Å². The van der Waals surface area contributed by atoms with E-state index in [-0.39, 0.29) is 48.5 Å². The third-order valence-corrected chi connectivity index (χ3v) is 7.29. The van der Waals surface area contributed by atoms with Crippen molar-refractivity contribution in [1.29, 1.82) is 0 Å². The lowest BCUT2D eigenvalue weighted by atomic mass is 9.89. The molecule has 228 valence electrons. The maximum atomic E-state index is 14.0. The standard InChI is InChI=1S/C30H30O12S/c1-37-25-14-18(15-26(38-2)29(25)39-3)13-22(27(30(32)33)20-7-10-23-24(16-20)42-17-41-23)28(31)19-5-8-21(9-6-19)40-11-4-12-43(34,35)36/h5-10,14-16H,4,11-13,17H2,1-3H3,(H,32,33)(H,34,35,36)/b27-22-. The van der Waals surface area contributed by atoms with Crippen molar-refractivity contribution in [2.45, 2.75) is 12.8 Å². The largest absolute Gasteiger partial charge is 0.494 e. The van der Waals surface area contributed by atoms with Gasteiger partial charge in [-0.3, -0.25) is 9.35 Å². The molecular formula is C30H30O12S. The third-order valence-electron chi connectivity index (χ3n) is 6.49. The van der Waals surface area contributed by atoms with Gasteiger partial charge in [0.2, 0.25) is 12.5 Å². The molecule has 0 bridgehead atoms. The van der Waals surface area contributed by atoms with E-state index in [9.17, 15) is 23.1 Å². The molecule has 43 heavy (non-hydrogen) atoms. The SMILES string of the molecule is COc1cc(C/C(C(=O)c2ccc(OCCCS(=O)(=O)O)cc2)=C(/C(=O)O)c2ccc3c(c2)OCO3)cc(OC)c1OC. The van der Waals surface area contributed by atoms with Gasteiger partial charge in [0.25, 0.3) is 10.1 Å². The van der Waals surface area contributed by atoms with E-state index in [2.05, 4.69) is 0 Å². The molecule has 0 atom stereocenters. The zero-order valence-electron chi connectivity index (χ0n) is 23.6. The number of benzene rings is 3. The van der Waals surface area contributed by atoms with Crippen LogP contribution in [0.1, 0.15) is 27.9 Å². The molecule has 0 saturated heterocycles. The number of carbonyl (C=O) groups is 2. The summed E-state index contributed by atoms with van der Waals surface area (Å²) in [4.78, 5) is 26.8. The molecule has 0 aromatic heterocycles. The Labute approximate surface area is 248 Å². The summed E-state index contributed by atoms with van der Waals surface area (Å²) < 4.78 is 63.3. The van der Waals surface area contributed by atoms with Crippen molar-refractivity contribution in [2.75, 3.05) is 40.5 Å². The van der Waals surface area contributed by atoms with Crippen LogP contribution in [-0.4, -0.2) is 70.3 Å². The third kappa shape index (κ3) is 7.56. The number of allylic oxidation sites excluding steroid dienone is 1. The minimum atomic E-state index is -4.10. The molecule has 0 aliphatic carbocycles. The second kappa shape index (κ2) is 13.5. The van der Waals surface area contributed by atoms with E-state index in [1.807, 2.05) is 0 Å². The Morgan fingerprint density at radius 2 is 1.49 bits per heavy atom. The van der Waals surface area contributed by atoms with Crippen molar-refractivity contribution < 1.29 is 56.1 Å². The number of aliphatic carboxylic acids is 1. The summed E-state index contributed by atoms with van der Waals surface area (Å²) >= 11 is 0. The molecule has 2 N–H and O–H groups in total. The van der Waals surface area contributed by atoms with Gasteiger partial charge in [0.1, 0.15) is 5.75 Å². The van der Waals surface area contributed by atoms with Crippen molar-refractivity contribution in [2.24, 2.45) is 0 Å². The first-order valence-corrected chi connectivity index (χ1v) is 14.5. The lowest BCUT2D eigenvalue weighted by Crippen LogP contribution is -2.14. The van der Waals surface area contributed by atoms with E-state index < -0.39 is 27.6 Å². The summed E-state index contributed by atoms with van der Waals surface area (Å²) in [7, 11) is 0.254. The lowest BCUT2D eigenvalue weighted by Gasteiger charge is -2.17. The number of methoxy groups -OCH3 is 3. The predicted molar refractivity (Wildman–Crippen MR) is 154 cm³/mol. The van der Waals surface area contributed by atoms with Crippen LogP contribution < -0.4 is 28.4 Å². The van der Waals surface area contributed by atoms with E-state index in [0.717, 1.165) is 0 Å². The molecule has 0 fully saturated rings. The van der Waals surface area contributed by atoms with Crippen molar-refractivity contribution in [3.05, 3.63) is 76.9 Å². The molecule has 1 aliphatic rings. The van der Waals surface area contributed by atoms with E-state index in [1.54, 1.807) is 24.3 Å². The molecule has 0 spiro atoms. The molecule has 0 saturated carbocycles. The number of fused-ring (bicyclic) bond motifs is 1. The maximum absolute atomic E-state index is 14.0. The lowest BCUT2D eigenvalue weighted by molar-refractivity contribution is -0.130. The van der Waals surface area contributed by atoms with Crippen LogP contribution >= 0.6 is 0 Å². The first-order valence-electron chi connectivity index (χ1n) is 12.9. The molecule has 0 unspecified atom stereocenters. The van der Waals surface area contributed by atoms with Gasteiger partial charge < -0.3 is 33.5 Å². The van der Waals surface area contributed by atoms with Crippen LogP contribution in [0.3, 0.4) is 0 Å². The fourth-order valence-electron chi connectivity index (χ4n) is 4.51. The van der Waals surface area contributed by atoms with E-state index in [4.69, 9.17) is 33.0 Å². The topological polar surface area (TPSA) is 164 Å². The maximum Gasteiger partial charge on any atom is 0.336 e. The molecular weight excluding hydrogens is 584 g/mol. The van der Waals surface area contributed by atoms with Crippen molar-refractivity contribution in [3.8, 4) is 34.5 Å². The summed E-state index contributed by atoms with van der Waals surface area (Å²) in [5.74, 6) is -0.155. The van der Waals surface area contributed by atoms with Crippen LogP contribution in [-0.2, 0) is 21.3 Å². The predicted octanol–water partition coefficient (Wildman–Crippen LogP) is 4.06. The Bertz CT molecular complexity index is 1620. The molecule has 1 aliphatic heterocycles. The number of carboxylic acid groups (broad SMARTS) is 1. The molecule has 4 rings (SSSR count). The average Bonchev–Trinajstić information content (AvgIpc) is 3.46. The Hall–Kier alpha value is -4.75. The summed E-state index contributed by atoms with van der Waals surface area (Å²) in [6, 6.07) is 13.9. The highest BCUT2D eigenvalue weighted by atomic mass is 32.2. The fraction of sp³-hybridized carbons (Fsp3) is 0.267. The van der Waals surface area contributed by atoms with Crippen LogP contribution in [0.4, 0.5) is 0 Å². The van der Waals surface area contributed by atoms with Crippen LogP contribution in [0.25, 0.3) is 5.57 Å². The summed E-state index contributed by atoms with van der Waals surface area (Å²) in [6.45, 7) is 0.0129. The Kier molecular flexibility index (Phi) is 9.78. The number of ketones is 1. The monoisotopic (exact) mass is 614 g/mol. The minimum Gasteiger partial charge on any atom is -0.494 e. The van der Waals surface area contributed by atoms with Crippen LogP contribution in [0.15, 0.2) is 60.2 Å². The molecule has 3 aromatic carbocycles. The Morgan fingerprint density at radius 1 is 0.860 bits per heavy atom. The minimum absolute atomic E-state index is 0.00758. The van der Waals surface area contributed by atoms with E-state index >= 15 is 0 Å². The second-order valence-electron chi connectivity index (χ2n) is 9.28. The Balaban J connectivity index is 1.75. The highest BCUT2D eigenvalue weighted by Gasteiger charge is 2.27. The number of carbonyl (C=O) groups excluding carboxylic acids is 1. The summed E-state index contributed by atoms with van der Waals surface area (Å²) in [5, 5.41) is 10.4.